The third-order valence-electron chi connectivity index (χ3n) is 13.5. The predicted molar refractivity (Wildman–Crippen MR) is 255 cm³/mol. The van der Waals surface area contributed by atoms with E-state index in [4.69, 9.17) is 39.2 Å². The van der Waals surface area contributed by atoms with E-state index in [1.54, 1.807) is 30.3 Å². The van der Waals surface area contributed by atoms with Crippen molar-refractivity contribution in [1.82, 2.24) is 39.0 Å². The van der Waals surface area contributed by atoms with Gasteiger partial charge in [0.05, 0.1) is 38.1 Å². The maximum Gasteiger partial charge on any atom is 0.325 e. The molecule has 23 heteroatoms. The van der Waals surface area contributed by atoms with Gasteiger partial charge in [0.2, 0.25) is 0 Å². The van der Waals surface area contributed by atoms with Crippen LogP contribution in [0, 0.1) is 11.8 Å². The highest BCUT2D eigenvalue weighted by Gasteiger charge is 2.54. The summed E-state index contributed by atoms with van der Waals surface area (Å²) in [5.41, 5.74) is 2.04. The smallest absolute Gasteiger partial charge is 0.325 e. The molecule has 3 aliphatic rings. The number of fused-ring (bicyclic) bond motifs is 6. The van der Waals surface area contributed by atoms with Crippen LogP contribution >= 0.6 is 6.72 Å². The average molecular weight is 998 g/mol. The number of rotatable bonds is 6. The highest BCUT2D eigenvalue weighted by molar-refractivity contribution is 8.07. The highest BCUT2D eigenvalue weighted by Crippen LogP contribution is 2.52. The van der Waals surface area contributed by atoms with Crippen LogP contribution in [0.2, 0.25) is 36.3 Å². The normalized spacial score (nSPS) is 27.9. The number of carbonyl (C=O) groups is 1. The lowest BCUT2D eigenvalue weighted by Crippen LogP contribution is -2.49. The van der Waals surface area contributed by atoms with E-state index in [-0.39, 0.29) is 40.2 Å². The van der Waals surface area contributed by atoms with Gasteiger partial charge in [-0.1, -0.05) is 65.7 Å². The first kappa shape index (κ1) is 49.4. The molecule has 2 saturated heterocycles. The van der Waals surface area contributed by atoms with Crippen molar-refractivity contribution < 1.29 is 45.8 Å². The van der Waals surface area contributed by atoms with Gasteiger partial charge < -0.3 is 27.7 Å². The quantitative estimate of drug-likeness (QED) is 0.0989. The van der Waals surface area contributed by atoms with Crippen molar-refractivity contribution in [2.75, 3.05) is 24.7 Å². The number of imidazole rings is 2. The maximum absolute atomic E-state index is 17.3. The van der Waals surface area contributed by atoms with E-state index in [1.807, 2.05) is 33.9 Å². The first-order valence-electron chi connectivity index (χ1n) is 22.2. The van der Waals surface area contributed by atoms with E-state index in [2.05, 4.69) is 75.6 Å². The van der Waals surface area contributed by atoms with Crippen LogP contribution in [0.15, 0.2) is 55.6 Å². The van der Waals surface area contributed by atoms with E-state index in [0.29, 0.717) is 35.3 Å². The first-order valence-corrected chi connectivity index (χ1v) is 30.6. The third kappa shape index (κ3) is 9.92. The van der Waals surface area contributed by atoms with Gasteiger partial charge in [-0.25, -0.2) is 38.7 Å². The maximum atomic E-state index is 17.3. The number of ether oxygens (including phenoxy) is 2. The monoisotopic (exact) mass is 997 g/mol. The van der Waals surface area contributed by atoms with Crippen molar-refractivity contribution in [3.63, 3.8) is 0 Å². The van der Waals surface area contributed by atoms with Crippen LogP contribution in [-0.2, 0) is 45.6 Å². The van der Waals surface area contributed by atoms with Crippen LogP contribution in [0.3, 0.4) is 0 Å². The molecule has 12 bridgehead atoms. The molecule has 1 N–H and O–H groups in total. The summed E-state index contributed by atoms with van der Waals surface area (Å²) in [6.45, 7) is 15.4. The second-order valence-electron chi connectivity index (χ2n) is 20.0. The van der Waals surface area contributed by atoms with Gasteiger partial charge in [0.25, 0.3) is 5.91 Å². The van der Waals surface area contributed by atoms with Gasteiger partial charge in [-0.2, -0.15) is 0 Å². The van der Waals surface area contributed by atoms with Crippen LogP contribution in [0.5, 0.6) is 0 Å². The topological polar surface area (TPSA) is 183 Å². The van der Waals surface area contributed by atoms with Gasteiger partial charge in [0, 0.05) is 18.4 Å². The Morgan fingerprint density at radius 1 is 0.866 bits per heavy atom. The number of anilines is 1. The van der Waals surface area contributed by atoms with E-state index in [0.717, 1.165) is 0 Å². The third-order valence-corrected chi connectivity index (χ3v) is 24.1. The van der Waals surface area contributed by atoms with Gasteiger partial charge >= 0.3 is 6.72 Å². The van der Waals surface area contributed by atoms with E-state index < -0.39 is 85.1 Å². The summed E-state index contributed by atoms with van der Waals surface area (Å²) >= 11 is 5.59. The van der Waals surface area contributed by atoms with Crippen molar-refractivity contribution in [1.29, 1.82) is 0 Å². The minimum absolute atomic E-state index is 0.0726. The fourth-order valence-electron chi connectivity index (χ4n) is 7.62. The number of halogens is 2. The number of carbonyl (C=O) groups excluding carboxylic acids is 1. The molecule has 3 aliphatic heterocycles. The largest absolute Gasteiger partial charge is 0.414 e. The van der Waals surface area contributed by atoms with Crippen LogP contribution in [-0.4, -0.2) is 123 Å². The summed E-state index contributed by atoms with van der Waals surface area (Å²) in [5, 5.41) is -0.522. The Labute approximate surface area is 395 Å². The van der Waals surface area contributed by atoms with Crippen molar-refractivity contribution in [3.05, 3.63) is 66.9 Å². The van der Waals surface area contributed by atoms with Crippen LogP contribution in [0.25, 0.3) is 22.3 Å². The minimum atomic E-state index is -4.35. The molecular weight excluding hydrogens is 940 g/mol. The molecule has 2 unspecified atom stereocenters. The lowest BCUT2D eigenvalue weighted by Gasteiger charge is -2.39. The van der Waals surface area contributed by atoms with Crippen LogP contribution in [0.4, 0.5) is 14.6 Å². The Kier molecular flexibility index (Phi) is 13.8. The molecule has 8 rings (SSSR count). The van der Waals surface area contributed by atoms with E-state index >= 15 is 8.78 Å². The SMILES string of the molecule is CC(C)(C)[Si](C)(C)OC[C@H]1O[C@@H]2[C@H](F)C1OP(O)(=S)OC[C@H]1O[C@H]([C@H](F)[C@@H]1O[Si](C)(C)C(C)(C)C)n1cnc3c(ncnc31)N(C(=O)c1ccccc1)CC#CCCc1ncnc3c1ncn32. The molecule has 2 fully saturated rings. The number of hydrogen-bond donors (Lipinski definition) is 1. The summed E-state index contributed by atoms with van der Waals surface area (Å²) < 4.78 is 75.4. The number of nitrogens with zero attached hydrogens (tertiary/aromatic N) is 9. The number of aryl methyl sites for hydroxylation is 1. The molecule has 1 amide bonds. The summed E-state index contributed by atoms with van der Waals surface area (Å²) in [6.07, 6.45) is -5.23. The molecule has 0 saturated carbocycles. The van der Waals surface area contributed by atoms with Crippen LogP contribution in [0.1, 0.15) is 76.5 Å². The number of amides is 1. The molecule has 4 aromatic heterocycles. The van der Waals surface area contributed by atoms with Gasteiger partial charge in [-0.3, -0.25) is 23.4 Å². The molecule has 7 heterocycles. The molecular formula is C44H58F2N9O8PSSi2. The molecule has 9 atom stereocenters. The number of hydrogen-bond acceptors (Lipinski definition) is 14. The standard InChI is InChI=1S/C44H58F2N9O8PSSi2/c1-43(2,3)66(7,8)59-22-30-35-31(45)41(61-30)54-25-51-33-28(47-23-48-37(33)54)19-15-12-16-20-53(40(56)27-17-13-11-14-18-27)38-34-39(50-24-49-38)55(26-52-34)42-32(46)36(63-67(9,10)44(4,5)6)29(60-42)21-58-64(57,65)62-35/h11,13-14,17-18,23-26,29-32,35-36,41-42H,15,19-22H2,1-10H3,(H,57,65)/t29-,30-,31-,32-,35?,36-,41-,42-,64?/m1/s1. The Bertz CT molecular complexity index is 2730. The van der Waals surface area contributed by atoms with Gasteiger partial charge in [0.1, 0.15) is 42.6 Å². The van der Waals surface area contributed by atoms with E-state index in [1.165, 1.54) is 39.3 Å². The lowest BCUT2D eigenvalue weighted by molar-refractivity contribution is -0.0502. The zero-order chi connectivity index (χ0) is 48.3. The predicted octanol–water partition coefficient (Wildman–Crippen LogP) is 7.76. The van der Waals surface area contributed by atoms with Crippen molar-refractivity contribution in [2.45, 2.75) is 140 Å². The fourth-order valence-corrected chi connectivity index (χ4v) is 11.4. The Hall–Kier alpha value is -3.99. The fraction of sp³-hybridized carbons (Fsp3) is 0.568. The number of benzene rings is 1. The van der Waals surface area contributed by atoms with Gasteiger partial charge in [-0.05, 0) is 60.2 Å². The average Bonchev–Trinajstić information content (AvgIpc) is 4.04. The molecule has 5 aromatic rings. The van der Waals surface area contributed by atoms with Gasteiger partial charge in [0.15, 0.2) is 64.1 Å². The Morgan fingerprint density at radius 3 is 2.16 bits per heavy atom. The lowest BCUT2D eigenvalue weighted by atomic mass is 10.1. The van der Waals surface area contributed by atoms with Crippen LogP contribution < -0.4 is 4.90 Å². The number of alkyl halides is 2. The number of aromatic nitrogens is 8. The first-order chi connectivity index (χ1) is 31.5. The minimum Gasteiger partial charge on any atom is -0.414 e. The molecule has 17 nitrogen and oxygen atoms in total. The van der Waals surface area contributed by atoms with E-state index in [9.17, 15) is 9.69 Å². The summed E-state index contributed by atoms with van der Waals surface area (Å²) in [4.78, 5) is 54.5. The summed E-state index contributed by atoms with van der Waals surface area (Å²) in [7, 11) is -5.11. The Morgan fingerprint density at radius 2 is 1.49 bits per heavy atom. The molecule has 0 radical (unpaired) electrons. The second kappa shape index (κ2) is 18.7. The molecule has 360 valence electrons. The summed E-state index contributed by atoms with van der Waals surface area (Å²) in [5.74, 6) is 6.03. The molecule has 0 spiro atoms. The van der Waals surface area contributed by atoms with Gasteiger partial charge in [-0.15, -0.1) is 5.92 Å². The van der Waals surface area contributed by atoms with Crippen molar-refractivity contribution in [2.24, 2.45) is 0 Å². The summed E-state index contributed by atoms with van der Waals surface area (Å²) in [6, 6.07) is 8.69. The Balaban J connectivity index is 1.21. The van der Waals surface area contributed by atoms with Crippen molar-refractivity contribution in [3.8, 4) is 11.8 Å². The second-order valence-corrected chi connectivity index (χ2v) is 32.4. The molecule has 0 aliphatic carbocycles. The molecule has 1 aromatic carbocycles. The molecule has 67 heavy (non-hydrogen) atoms. The van der Waals surface area contributed by atoms with Crippen molar-refractivity contribution >= 4 is 69.2 Å². The zero-order valence-electron chi connectivity index (χ0n) is 39.3. The highest BCUT2D eigenvalue weighted by atomic mass is 32.5. The zero-order valence-corrected chi connectivity index (χ0v) is 43.0.